The van der Waals surface area contributed by atoms with Crippen molar-refractivity contribution in [2.45, 2.75) is 26.3 Å². The number of rotatable bonds is 4. The average molecular weight is 246 g/mol. The number of hydrogen-bond donors (Lipinski definition) is 1. The van der Waals surface area contributed by atoms with E-state index in [9.17, 15) is 0 Å². The van der Waals surface area contributed by atoms with Gasteiger partial charge in [0, 0.05) is 6.04 Å². The van der Waals surface area contributed by atoms with Gasteiger partial charge in [-0.25, -0.2) is 4.98 Å². The van der Waals surface area contributed by atoms with Crippen molar-refractivity contribution in [1.82, 2.24) is 14.5 Å². The van der Waals surface area contributed by atoms with Gasteiger partial charge in [-0.1, -0.05) is 6.07 Å². The van der Waals surface area contributed by atoms with Gasteiger partial charge in [-0.05, 0) is 58.6 Å². The molecule has 2 rings (SSSR count). The van der Waals surface area contributed by atoms with Gasteiger partial charge in [0.1, 0.15) is 0 Å². The van der Waals surface area contributed by atoms with Crippen LogP contribution in [0.2, 0.25) is 0 Å². The molecular formula is C14H22N4. The van der Waals surface area contributed by atoms with Crippen LogP contribution in [-0.4, -0.2) is 35.1 Å². The molecule has 4 heteroatoms. The minimum atomic E-state index is 0.360. The molecule has 2 N–H and O–H groups in total. The lowest BCUT2D eigenvalue weighted by atomic mass is 10.2. The van der Waals surface area contributed by atoms with Crippen LogP contribution in [-0.2, 0) is 0 Å². The number of imidazole rings is 1. The van der Waals surface area contributed by atoms with E-state index < -0.39 is 0 Å². The quantitative estimate of drug-likeness (QED) is 0.901. The molecule has 1 atom stereocenters. The Kier molecular flexibility index (Phi) is 3.57. The molecule has 1 heterocycles. The molecule has 0 amide bonds. The summed E-state index contributed by atoms with van der Waals surface area (Å²) in [6.45, 7) is 5.34. The summed E-state index contributed by atoms with van der Waals surface area (Å²) in [7, 11) is 4.18. The molecule has 1 aromatic heterocycles. The minimum absolute atomic E-state index is 0.360. The van der Waals surface area contributed by atoms with E-state index >= 15 is 0 Å². The summed E-state index contributed by atoms with van der Waals surface area (Å²) >= 11 is 0. The van der Waals surface area contributed by atoms with Crippen molar-refractivity contribution in [2.24, 2.45) is 0 Å². The van der Waals surface area contributed by atoms with E-state index in [4.69, 9.17) is 5.73 Å². The first-order valence-corrected chi connectivity index (χ1v) is 6.38. The predicted molar refractivity (Wildman–Crippen MR) is 76.8 cm³/mol. The fraction of sp³-hybridized carbons (Fsp3) is 0.500. The van der Waals surface area contributed by atoms with Crippen molar-refractivity contribution in [1.29, 1.82) is 0 Å². The van der Waals surface area contributed by atoms with Crippen LogP contribution >= 0.6 is 0 Å². The van der Waals surface area contributed by atoms with Crippen LogP contribution in [0.4, 0.5) is 5.95 Å². The maximum Gasteiger partial charge on any atom is 0.201 e. The van der Waals surface area contributed by atoms with Crippen molar-refractivity contribution < 1.29 is 0 Å². The van der Waals surface area contributed by atoms with Gasteiger partial charge in [-0.15, -0.1) is 0 Å². The lowest BCUT2D eigenvalue weighted by Gasteiger charge is -2.18. The third-order valence-corrected chi connectivity index (χ3v) is 3.31. The minimum Gasteiger partial charge on any atom is -0.369 e. The number of nitrogens with two attached hydrogens (primary N) is 1. The zero-order chi connectivity index (χ0) is 13.3. The maximum atomic E-state index is 6.05. The molecule has 0 saturated carbocycles. The number of nitrogen functional groups attached to an aromatic ring is 1. The smallest absolute Gasteiger partial charge is 0.201 e. The monoisotopic (exact) mass is 246 g/mol. The molecule has 4 nitrogen and oxygen atoms in total. The lowest BCUT2D eigenvalue weighted by Crippen LogP contribution is -2.18. The third-order valence-electron chi connectivity index (χ3n) is 3.31. The van der Waals surface area contributed by atoms with Gasteiger partial charge in [-0.3, -0.25) is 0 Å². The Balaban J connectivity index is 2.36. The summed E-state index contributed by atoms with van der Waals surface area (Å²) in [5, 5.41) is 0. The number of fused-ring (bicyclic) bond motifs is 1. The van der Waals surface area contributed by atoms with Crippen molar-refractivity contribution >= 4 is 17.0 Å². The number of aryl methyl sites for hydroxylation is 1. The number of anilines is 1. The van der Waals surface area contributed by atoms with Crippen molar-refractivity contribution in [3.63, 3.8) is 0 Å². The van der Waals surface area contributed by atoms with E-state index in [1.54, 1.807) is 0 Å². The fourth-order valence-electron chi connectivity index (χ4n) is 2.26. The van der Waals surface area contributed by atoms with Crippen LogP contribution in [0.25, 0.3) is 11.0 Å². The van der Waals surface area contributed by atoms with Gasteiger partial charge in [-0.2, -0.15) is 0 Å². The highest BCUT2D eigenvalue weighted by molar-refractivity contribution is 5.79. The van der Waals surface area contributed by atoms with Crippen molar-refractivity contribution in [3.05, 3.63) is 23.8 Å². The molecule has 0 fully saturated rings. The molecule has 98 valence electrons. The molecule has 0 aliphatic carbocycles. The first-order chi connectivity index (χ1) is 8.49. The first-order valence-electron chi connectivity index (χ1n) is 6.38. The number of aromatic nitrogens is 2. The van der Waals surface area contributed by atoms with Crippen LogP contribution in [0.1, 0.15) is 24.9 Å². The summed E-state index contributed by atoms with van der Waals surface area (Å²) < 4.78 is 2.14. The highest BCUT2D eigenvalue weighted by Gasteiger charge is 2.14. The molecule has 0 aliphatic rings. The predicted octanol–water partition coefficient (Wildman–Crippen LogP) is 2.44. The Labute approximate surface area is 108 Å². The highest BCUT2D eigenvalue weighted by atomic mass is 15.2. The Morgan fingerprint density at radius 3 is 2.78 bits per heavy atom. The largest absolute Gasteiger partial charge is 0.369 e. The van der Waals surface area contributed by atoms with Crippen LogP contribution in [0, 0.1) is 6.92 Å². The van der Waals surface area contributed by atoms with Crippen LogP contribution < -0.4 is 5.73 Å². The molecule has 0 radical (unpaired) electrons. The topological polar surface area (TPSA) is 47.1 Å². The average Bonchev–Trinajstić information content (AvgIpc) is 2.61. The molecule has 2 aromatic rings. The summed E-state index contributed by atoms with van der Waals surface area (Å²) in [6, 6.07) is 6.63. The fourth-order valence-corrected chi connectivity index (χ4v) is 2.26. The second-order valence-electron chi connectivity index (χ2n) is 5.27. The number of hydrogen-bond acceptors (Lipinski definition) is 3. The van der Waals surface area contributed by atoms with E-state index in [1.165, 1.54) is 5.56 Å². The Morgan fingerprint density at radius 2 is 2.11 bits per heavy atom. The zero-order valence-electron chi connectivity index (χ0n) is 11.6. The summed E-state index contributed by atoms with van der Waals surface area (Å²) in [5.74, 6) is 0.613. The Morgan fingerprint density at radius 1 is 1.39 bits per heavy atom. The van der Waals surface area contributed by atoms with Gasteiger partial charge >= 0.3 is 0 Å². The van der Waals surface area contributed by atoms with Gasteiger partial charge < -0.3 is 15.2 Å². The first kappa shape index (κ1) is 12.9. The molecule has 0 bridgehead atoms. The molecule has 1 unspecified atom stereocenters. The molecule has 0 spiro atoms. The van der Waals surface area contributed by atoms with E-state index in [2.05, 4.69) is 54.5 Å². The van der Waals surface area contributed by atoms with E-state index in [1.807, 2.05) is 6.07 Å². The highest BCUT2D eigenvalue weighted by Crippen LogP contribution is 2.25. The molecular weight excluding hydrogens is 224 g/mol. The van der Waals surface area contributed by atoms with Gasteiger partial charge in [0.15, 0.2) is 0 Å². The summed E-state index contributed by atoms with van der Waals surface area (Å²) in [4.78, 5) is 6.62. The van der Waals surface area contributed by atoms with Crippen LogP contribution in [0.5, 0.6) is 0 Å². The zero-order valence-corrected chi connectivity index (χ0v) is 11.6. The van der Waals surface area contributed by atoms with Gasteiger partial charge in [0.2, 0.25) is 5.95 Å². The molecule has 0 aliphatic heterocycles. The van der Waals surface area contributed by atoms with Crippen LogP contribution in [0.15, 0.2) is 18.2 Å². The van der Waals surface area contributed by atoms with Crippen molar-refractivity contribution in [3.8, 4) is 0 Å². The second kappa shape index (κ2) is 4.98. The third kappa shape index (κ3) is 2.48. The summed E-state index contributed by atoms with van der Waals surface area (Å²) in [5.41, 5.74) is 9.41. The molecule has 18 heavy (non-hydrogen) atoms. The lowest BCUT2D eigenvalue weighted by molar-refractivity contribution is 0.362. The maximum absolute atomic E-state index is 6.05. The second-order valence-corrected chi connectivity index (χ2v) is 5.27. The normalized spacial score (nSPS) is 13.4. The number of nitrogens with zero attached hydrogens (tertiary/aromatic N) is 3. The standard InChI is InChI=1S/C14H22N4/c1-10-5-6-12-13(9-10)18(14(15)16-12)11(2)7-8-17(3)4/h5-6,9,11H,7-8H2,1-4H3,(H2,15,16). The van der Waals surface area contributed by atoms with Crippen LogP contribution in [0.3, 0.4) is 0 Å². The van der Waals surface area contributed by atoms with Gasteiger partial charge in [0.25, 0.3) is 0 Å². The van der Waals surface area contributed by atoms with Gasteiger partial charge in [0.05, 0.1) is 11.0 Å². The van der Waals surface area contributed by atoms with E-state index in [0.717, 1.165) is 24.0 Å². The SMILES string of the molecule is Cc1ccc2nc(N)n(C(C)CCN(C)C)c2c1. The molecule has 0 saturated heterocycles. The Bertz CT molecular complexity index is 542. The Hall–Kier alpha value is -1.55. The summed E-state index contributed by atoms with van der Waals surface area (Å²) in [6.07, 6.45) is 1.07. The molecule has 1 aromatic carbocycles. The van der Waals surface area contributed by atoms with E-state index in [-0.39, 0.29) is 0 Å². The van der Waals surface area contributed by atoms with E-state index in [0.29, 0.717) is 12.0 Å². The van der Waals surface area contributed by atoms with Crippen molar-refractivity contribution in [2.75, 3.05) is 26.4 Å². The number of benzene rings is 1.